The van der Waals surface area contributed by atoms with Crippen LogP contribution in [0.5, 0.6) is 0 Å². The van der Waals surface area contributed by atoms with Gasteiger partial charge < -0.3 is 0 Å². The van der Waals surface area contributed by atoms with Crippen molar-refractivity contribution in [3.05, 3.63) is 58.3 Å². The lowest BCUT2D eigenvalue weighted by atomic mass is 9.95. The number of thiophene rings is 1. The average Bonchev–Trinajstić information content (AvgIpc) is 3.02. The Hall–Kier alpha value is -1.74. The molecular weight excluding hydrogens is 256 g/mol. The van der Waals surface area contributed by atoms with Gasteiger partial charge >= 0.3 is 0 Å². The van der Waals surface area contributed by atoms with Gasteiger partial charge in [0.15, 0.2) is 11.6 Å². The third kappa shape index (κ3) is 3.86. The van der Waals surface area contributed by atoms with Gasteiger partial charge in [-0.1, -0.05) is 50.2 Å². The summed E-state index contributed by atoms with van der Waals surface area (Å²) in [5.41, 5.74) is 0.588. The van der Waals surface area contributed by atoms with Crippen LogP contribution in [0.4, 0.5) is 0 Å². The molecule has 0 spiro atoms. The molecule has 0 aliphatic heterocycles. The Morgan fingerprint density at radius 2 is 1.58 bits per heavy atom. The van der Waals surface area contributed by atoms with Crippen LogP contribution in [-0.4, -0.2) is 11.6 Å². The van der Waals surface area contributed by atoms with Gasteiger partial charge in [-0.25, -0.2) is 0 Å². The summed E-state index contributed by atoms with van der Waals surface area (Å²) in [5.74, 6) is -0.839. The molecule has 2 nitrogen and oxygen atoms in total. The van der Waals surface area contributed by atoms with E-state index in [0.717, 1.165) is 0 Å². The normalized spacial score (nSPS) is 11.1. The Labute approximate surface area is 118 Å². The van der Waals surface area contributed by atoms with Crippen molar-refractivity contribution < 1.29 is 9.59 Å². The highest BCUT2D eigenvalue weighted by molar-refractivity contribution is 7.12. The zero-order chi connectivity index (χ0) is 14.3. The van der Waals surface area contributed by atoms with Gasteiger partial charge in [0.1, 0.15) is 0 Å². The van der Waals surface area contributed by atoms with E-state index < -0.39 is 5.92 Å². The molecule has 0 bridgehead atoms. The zero-order valence-corrected chi connectivity index (χ0v) is 12.2. The summed E-state index contributed by atoms with van der Waals surface area (Å²) >= 11 is 1.37. The van der Waals surface area contributed by atoms with Gasteiger partial charge in [0.05, 0.1) is 10.8 Å². The predicted octanol–water partition coefficient (Wildman–Crippen LogP) is 4.48. The first-order chi connectivity index (χ1) is 9.20. The van der Waals surface area contributed by atoms with E-state index in [1.165, 1.54) is 11.3 Å². The van der Waals surface area contributed by atoms with Crippen LogP contribution in [0.25, 0.3) is 0 Å². The first kappa shape index (κ1) is 15.3. The Morgan fingerprint density at radius 1 is 0.947 bits per heavy atom. The molecule has 3 heteroatoms. The second-order valence-corrected chi connectivity index (χ2v) is 4.74. The minimum atomic E-state index is -0.615. The third-order valence-electron chi connectivity index (χ3n) is 2.61. The van der Waals surface area contributed by atoms with Crippen LogP contribution in [0.15, 0.2) is 47.8 Å². The first-order valence-electron chi connectivity index (χ1n) is 6.37. The fourth-order valence-corrected chi connectivity index (χ4v) is 2.36. The van der Waals surface area contributed by atoms with E-state index in [0.29, 0.717) is 10.4 Å². The molecule has 1 atom stereocenters. The molecule has 2 rings (SSSR count). The monoisotopic (exact) mass is 274 g/mol. The van der Waals surface area contributed by atoms with Gasteiger partial charge in [-0.2, -0.15) is 0 Å². The number of hydrogen-bond acceptors (Lipinski definition) is 3. The van der Waals surface area contributed by atoms with E-state index in [9.17, 15) is 9.59 Å². The highest BCUT2D eigenvalue weighted by Crippen LogP contribution is 2.18. The highest BCUT2D eigenvalue weighted by atomic mass is 32.1. The third-order valence-corrected chi connectivity index (χ3v) is 3.49. The Balaban J connectivity index is 0.000000861. The lowest BCUT2D eigenvalue weighted by Gasteiger charge is -2.07. The molecule has 19 heavy (non-hydrogen) atoms. The molecule has 0 amide bonds. The molecule has 1 aromatic heterocycles. The maximum absolute atomic E-state index is 12.1. The maximum Gasteiger partial charge on any atom is 0.183 e. The zero-order valence-electron chi connectivity index (χ0n) is 11.4. The summed E-state index contributed by atoms with van der Waals surface area (Å²) in [4.78, 5) is 24.7. The number of carbonyl (C=O) groups excluding carboxylic acids is 2. The summed E-state index contributed by atoms with van der Waals surface area (Å²) in [5, 5.41) is 1.84. The molecule has 0 saturated carbocycles. The van der Waals surface area contributed by atoms with Gasteiger partial charge in [0.25, 0.3) is 0 Å². The second-order valence-electron chi connectivity index (χ2n) is 3.79. The van der Waals surface area contributed by atoms with Crippen molar-refractivity contribution in [2.24, 2.45) is 5.92 Å². The molecule has 0 fully saturated rings. The van der Waals surface area contributed by atoms with E-state index in [4.69, 9.17) is 0 Å². The molecule has 1 aromatic carbocycles. The number of hydrogen-bond donors (Lipinski definition) is 0. The van der Waals surface area contributed by atoms with Crippen LogP contribution in [-0.2, 0) is 0 Å². The topological polar surface area (TPSA) is 34.1 Å². The van der Waals surface area contributed by atoms with Gasteiger partial charge in [0.2, 0.25) is 0 Å². The molecule has 0 aliphatic carbocycles. The second kappa shape index (κ2) is 7.64. The molecule has 100 valence electrons. The van der Waals surface area contributed by atoms with Gasteiger partial charge in [-0.15, -0.1) is 11.3 Å². The molecule has 0 radical (unpaired) electrons. The smallest absolute Gasteiger partial charge is 0.183 e. The van der Waals surface area contributed by atoms with E-state index in [1.807, 2.05) is 31.4 Å². The van der Waals surface area contributed by atoms with Gasteiger partial charge in [0, 0.05) is 5.56 Å². The van der Waals surface area contributed by atoms with Crippen LogP contribution in [0.1, 0.15) is 40.8 Å². The fourth-order valence-electron chi connectivity index (χ4n) is 1.60. The number of carbonyl (C=O) groups is 2. The summed E-state index contributed by atoms with van der Waals surface area (Å²) < 4.78 is 0. The predicted molar refractivity (Wildman–Crippen MR) is 79.9 cm³/mol. The number of ketones is 2. The molecule has 0 N–H and O–H groups in total. The van der Waals surface area contributed by atoms with Crippen molar-refractivity contribution in [1.29, 1.82) is 0 Å². The van der Waals surface area contributed by atoms with Crippen molar-refractivity contribution in [3.63, 3.8) is 0 Å². The van der Waals surface area contributed by atoms with Crippen molar-refractivity contribution >= 4 is 22.9 Å². The molecule has 0 saturated heterocycles. The van der Waals surface area contributed by atoms with Crippen LogP contribution in [0.2, 0.25) is 0 Å². The fraction of sp³-hybridized carbons (Fsp3) is 0.250. The Kier molecular flexibility index (Phi) is 6.16. The van der Waals surface area contributed by atoms with E-state index in [2.05, 4.69) is 0 Å². The van der Waals surface area contributed by atoms with E-state index >= 15 is 0 Å². The summed E-state index contributed by atoms with van der Waals surface area (Å²) in [6.45, 7) is 5.66. The number of rotatable bonds is 4. The minimum absolute atomic E-state index is 0.103. The Morgan fingerprint density at radius 3 is 2.11 bits per heavy atom. The molecule has 2 aromatic rings. The molecule has 1 heterocycles. The summed E-state index contributed by atoms with van der Waals surface area (Å²) in [7, 11) is 0. The summed E-state index contributed by atoms with van der Waals surface area (Å²) in [6, 6.07) is 12.5. The summed E-state index contributed by atoms with van der Waals surface area (Å²) in [6.07, 6.45) is 0. The van der Waals surface area contributed by atoms with Gasteiger partial charge in [-0.05, 0) is 18.4 Å². The Bertz CT molecular complexity index is 515. The van der Waals surface area contributed by atoms with E-state index in [-0.39, 0.29) is 11.6 Å². The van der Waals surface area contributed by atoms with Crippen molar-refractivity contribution in [3.8, 4) is 0 Å². The van der Waals surface area contributed by atoms with Crippen molar-refractivity contribution in [2.75, 3.05) is 0 Å². The average molecular weight is 274 g/mol. The van der Waals surface area contributed by atoms with Crippen LogP contribution < -0.4 is 0 Å². The number of Topliss-reactive ketones (excluding diaryl/α,β-unsaturated/α-hetero) is 2. The molecule has 1 unspecified atom stereocenters. The maximum atomic E-state index is 12.1. The van der Waals surface area contributed by atoms with Crippen molar-refractivity contribution in [2.45, 2.75) is 20.8 Å². The standard InChI is InChI=1S/C14H12O2S.C2H6/c1-10(14(16)12-8-5-9-17-12)13(15)11-6-3-2-4-7-11;1-2/h2-10H,1H3;1-2H3. The quantitative estimate of drug-likeness (QED) is 0.608. The van der Waals surface area contributed by atoms with Crippen LogP contribution >= 0.6 is 11.3 Å². The largest absolute Gasteiger partial charge is 0.293 e. The lowest BCUT2D eigenvalue weighted by molar-refractivity contribution is 0.0823. The van der Waals surface area contributed by atoms with Crippen LogP contribution in [0.3, 0.4) is 0 Å². The number of benzene rings is 1. The van der Waals surface area contributed by atoms with Gasteiger partial charge in [-0.3, -0.25) is 9.59 Å². The molecule has 0 aliphatic rings. The highest BCUT2D eigenvalue weighted by Gasteiger charge is 2.24. The molecular formula is C16H18O2S. The lowest BCUT2D eigenvalue weighted by Crippen LogP contribution is -2.20. The van der Waals surface area contributed by atoms with Crippen molar-refractivity contribution in [1.82, 2.24) is 0 Å². The van der Waals surface area contributed by atoms with Crippen LogP contribution in [0, 0.1) is 5.92 Å². The van der Waals surface area contributed by atoms with E-state index in [1.54, 1.807) is 37.3 Å². The SMILES string of the molecule is CC.CC(C(=O)c1ccccc1)C(=O)c1cccs1. The minimum Gasteiger partial charge on any atom is -0.293 e. The first-order valence-corrected chi connectivity index (χ1v) is 7.25.